The summed E-state index contributed by atoms with van der Waals surface area (Å²) in [6.07, 6.45) is 0. The van der Waals surface area contributed by atoms with Gasteiger partial charge in [0.2, 0.25) is 0 Å². The van der Waals surface area contributed by atoms with Crippen LogP contribution in [0.1, 0.15) is 10.7 Å². The summed E-state index contributed by atoms with van der Waals surface area (Å²) in [5.74, 6) is 1.49. The van der Waals surface area contributed by atoms with Crippen molar-refractivity contribution < 1.29 is 4.74 Å². The second-order valence-corrected chi connectivity index (χ2v) is 7.78. The first-order chi connectivity index (χ1) is 13.2. The number of aromatic nitrogens is 3. The van der Waals surface area contributed by atoms with E-state index in [-0.39, 0.29) is 5.56 Å². The number of ether oxygens (including phenoxy) is 1. The van der Waals surface area contributed by atoms with Gasteiger partial charge in [0, 0.05) is 18.2 Å². The quantitative estimate of drug-likeness (QED) is 0.361. The van der Waals surface area contributed by atoms with Crippen LogP contribution in [0.5, 0.6) is 5.75 Å². The van der Waals surface area contributed by atoms with Crippen molar-refractivity contribution in [1.82, 2.24) is 14.5 Å². The highest BCUT2D eigenvalue weighted by atomic mass is 32.2. The third-order valence-electron chi connectivity index (χ3n) is 4.00. The standard InChI is InChI=1S/C20H17N3O2S2/c1-23-19(24)16-9-5-6-10-17(16)22-20(23)27-13-14-12-26-18(21-14)11-25-15-7-3-2-4-8-15/h2-10,12H,11,13H2,1H3. The third-order valence-corrected chi connectivity index (χ3v) is 5.93. The highest BCUT2D eigenvalue weighted by molar-refractivity contribution is 7.98. The molecule has 0 fully saturated rings. The van der Waals surface area contributed by atoms with Crippen molar-refractivity contribution in [2.24, 2.45) is 7.05 Å². The Balaban J connectivity index is 1.44. The average molecular weight is 396 g/mol. The summed E-state index contributed by atoms with van der Waals surface area (Å²) in [5.41, 5.74) is 1.65. The molecule has 7 heteroatoms. The van der Waals surface area contributed by atoms with Gasteiger partial charge in [0.1, 0.15) is 17.4 Å². The normalized spacial score (nSPS) is 11.0. The van der Waals surface area contributed by atoms with Gasteiger partial charge in [-0.3, -0.25) is 9.36 Å². The molecule has 27 heavy (non-hydrogen) atoms. The van der Waals surface area contributed by atoms with Gasteiger partial charge in [-0.1, -0.05) is 42.1 Å². The van der Waals surface area contributed by atoms with Crippen LogP contribution >= 0.6 is 23.1 Å². The minimum absolute atomic E-state index is 0.0293. The van der Waals surface area contributed by atoms with E-state index in [9.17, 15) is 4.79 Å². The van der Waals surface area contributed by atoms with Gasteiger partial charge in [0.05, 0.1) is 16.6 Å². The van der Waals surface area contributed by atoms with E-state index in [1.807, 2.05) is 53.9 Å². The maximum Gasteiger partial charge on any atom is 0.261 e. The highest BCUT2D eigenvalue weighted by Gasteiger charge is 2.10. The Morgan fingerprint density at radius 3 is 2.70 bits per heavy atom. The fraction of sp³-hybridized carbons (Fsp3) is 0.150. The summed E-state index contributed by atoms with van der Waals surface area (Å²) in [6, 6.07) is 17.1. The fourth-order valence-corrected chi connectivity index (χ4v) is 4.28. The summed E-state index contributed by atoms with van der Waals surface area (Å²) in [7, 11) is 1.75. The monoisotopic (exact) mass is 395 g/mol. The van der Waals surface area contributed by atoms with Crippen molar-refractivity contribution in [3.63, 3.8) is 0 Å². The number of thiazole rings is 1. The van der Waals surface area contributed by atoms with E-state index >= 15 is 0 Å². The molecule has 4 rings (SSSR count). The molecule has 0 aliphatic rings. The lowest BCUT2D eigenvalue weighted by molar-refractivity contribution is 0.305. The number of thioether (sulfide) groups is 1. The van der Waals surface area contributed by atoms with Crippen LogP contribution < -0.4 is 10.3 Å². The molecule has 2 aromatic heterocycles. The first kappa shape index (κ1) is 17.8. The molecule has 4 aromatic rings. The fourth-order valence-electron chi connectivity index (χ4n) is 2.61. The lowest BCUT2D eigenvalue weighted by atomic mass is 10.2. The molecule has 0 saturated carbocycles. The van der Waals surface area contributed by atoms with E-state index in [1.165, 1.54) is 11.8 Å². The van der Waals surface area contributed by atoms with Gasteiger partial charge in [0.15, 0.2) is 5.16 Å². The summed E-state index contributed by atoms with van der Waals surface area (Å²) in [4.78, 5) is 21.7. The van der Waals surface area contributed by atoms with Crippen molar-refractivity contribution in [1.29, 1.82) is 0 Å². The van der Waals surface area contributed by atoms with Crippen LogP contribution in [0.4, 0.5) is 0 Å². The second-order valence-electron chi connectivity index (χ2n) is 5.90. The van der Waals surface area contributed by atoms with E-state index in [0.29, 0.717) is 22.9 Å². The average Bonchev–Trinajstić information content (AvgIpc) is 3.17. The van der Waals surface area contributed by atoms with Crippen molar-refractivity contribution >= 4 is 34.0 Å². The predicted octanol–water partition coefficient (Wildman–Crippen LogP) is 4.26. The molecular formula is C20H17N3O2S2. The van der Waals surface area contributed by atoms with Gasteiger partial charge in [0.25, 0.3) is 5.56 Å². The molecule has 0 saturated heterocycles. The summed E-state index contributed by atoms with van der Waals surface area (Å²) < 4.78 is 7.33. The van der Waals surface area contributed by atoms with Crippen molar-refractivity contribution in [2.45, 2.75) is 17.5 Å². The van der Waals surface area contributed by atoms with Gasteiger partial charge in [-0.05, 0) is 24.3 Å². The number of hydrogen-bond donors (Lipinski definition) is 0. The zero-order valence-corrected chi connectivity index (χ0v) is 16.3. The van der Waals surface area contributed by atoms with Crippen LogP contribution in [0.3, 0.4) is 0 Å². The Morgan fingerprint density at radius 2 is 1.85 bits per heavy atom. The molecule has 5 nitrogen and oxygen atoms in total. The minimum atomic E-state index is -0.0293. The number of rotatable bonds is 6. The Labute approximate surface area is 164 Å². The first-order valence-corrected chi connectivity index (χ1v) is 10.3. The van der Waals surface area contributed by atoms with E-state index in [4.69, 9.17) is 4.74 Å². The van der Waals surface area contributed by atoms with Gasteiger partial charge < -0.3 is 4.74 Å². The van der Waals surface area contributed by atoms with Gasteiger partial charge >= 0.3 is 0 Å². The van der Waals surface area contributed by atoms with E-state index in [1.54, 1.807) is 29.0 Å². The Bertz CT molecular complexity index is 1120. The Kier molecular flexibility index (Phi) is 5.22. The zero-order valence-electron chi connectivity index (χ0n) is 14.7. The number of hydrogen-bond acceptors (Lipinski definition) is 6. The van der Waals surface area contributed by atoms with Gasteiger partial charge in [-0.15, -0.1) is 11.3 Å². The minimum Gasteiger partial charge on any atom is -0.486 e. The van der Waals surface area contributed by atoms with Crippen LogP contribution in [0.2, 0.25) is 0 Å². The molecular weight excluding hydrogens is 378 g/mol. The van der Waals surface area contributed by atoms with Crippen LogP contribution in [0.25, 0.3) is 10.9 Å². The van der Waals surface area contributed by atoms with E-state index in [0.717, 1.165) is 22.0 Å². The smallest absolute Gasteiger partial charge is 0.261 e. The molecule has 2 aromatic carbocycles. The van der Waals surface area contributed by atoms with Crippen molar-refractivity contribution in [3.05, 3.63) is 81.0 Å². The third kappa shape index (κ3) is 4.04. The van der Waals surface area contributed by atoms with Crippen molar-refractivity contribution in [3.8, 4) is 5.75 Å². The highest BCUT2D eigenvalue weighted by Crippen LogP contribution is 2.23. The lowest BCUT2D eigenvalue weighted by Crippen LogP contribution is -2.19. The van der Waals surface area contributed by atoms with E-state index < -0.39 is 0 Å². The number of para-hydroxylation sites is 2. The first-order valence-electron chi connectivity index (χ1n) is 8.40. The predicted molar refractivity (Wildman–Crippen MR) is 109 cm³/mol. The van der Waals surface area contributed by atoms with E-state index in [2.05, 4.69) is 9.97 Å². The number of benzene rings is 2. The molecule has 136 valence electrons. The van der Waals surface area contributed by atoms with Crippen LogP contribution in [-0.2, 0) is 19.4 Å². The molecule has 0 radical (unpaired) electrons. The molecule has 0 atom stereocenters. The summed E-state index contributed by atoms with van der Waals surface area (Å²) >= 11 is 3.09. The molecule has 0 N–H and O–H groups in total. The summed E-state index contributed by atoms with van der Waals surface area (Å²) in [5, 5.41) is 4.28. The van der Waals surface area contributed by atoms with Gasteiger partial charge in [-0.25, -0.2) is 9.97 Å². The zero-order chi connectivity index (χ0) is 18.6. The SMILES string of the molecule is Cn1c(SCc2csc(COc3ccccc3)n2)nc2ccccc2c1=O. The maximum absolute atomic E-state index is 12.5. The molecule has 0 aliphatic carbocycles. The van der Waals surface area contributed by atoms with Crippen LogP contribution in [0, 0.1) is 0 Å². The number of nitrogens with zero attached hydrogens (tertiary/aromatic N) is 3. The molecule has 0 spiro atoms. The summed E-state index contributed by atoms with van der Waals surface area (Å²) in [6.45, 7) is 0.450. The Hall–Kier alpha value is -2.64. The Morgan fingerprint density at radius 1 is 1.07 bits per heavy atom. The molecule has 0 amide bonds. The number of fused-ring (bicyclic) bond motifs is 1. The van der Waals surface area contributed by atoms with Crippen molar-refractivity contribution in [2.75, 3.05) is 0 Å². The maximum atomic E-state index is 12.5. The van der Waals surface area contributed by atoms with Crippen LogP contribution in [0.15, 0.2) is 69.9 Å². The molecule has 2 heterocycles. The second kappa shape index (κ2) is 7.94. The largest absolute Gasteiger partial charge is 0.486 e. The molecule has 0 aliphatic heterocycles. The van der Waals surface area contributed by atoms with Gasteiger partial charge in [-0.2, -0.15) is 0 Å². The molecule has 0 unspecified atom stereocenters. The molecule has 0 bridgehead atoms. The topological polar surface area (TPSA) is 57.0 Å². The van der Waals surface area contributed by atoms with Crippen LogP contribution in [-0.4, -0.2) is 14.5 Å². The lowest BCUT2D eigenvalue weighted by Gasteiger charge is -2.07.